The average Bonchev–Trinajstić information content (AvgIpc) is 3.89. The first-order valence-electron chi connectivity index (χ1n) is 16.3. The van der Waals surface area contributed by atoms with Gasteiger partial charge in [0, 0.05) is 38.2 Å². The van der Waals surface area contributed by atoms with E-state index in [2.05, 4.69) is 17.2 Å². The minimum Gasteiger partial charge on any atom is -0.496 e. The van der Waals surface area contributed by atoms with Crippen molar-refractivity contribution < 1.29 is 38.1 Å². The van der Waals surface area contributed by atoms with Gasteiger partial charge in [-0.1, -0.05) is 25.0 Å². The minimum atomic E-state index is -0.985. The molecule has 1 heterocycles. The predicted molar refractivity (Wildman–Crippen MR) is 177 cm³/mol. The molecule has 2 aromatic rings. The Kier molecular flexibility index (Phi) is 12.7. The van der Waals surface area contributed by atoms with Crippen molar-refractivity contribution in [3.63, 3.8) is 0 Å². The van der Waals surface area contributed by atoms with Crippen LogP contribution in [0.1, 0.15) is 60.5 Å². The Balaban J connectivity index is 1.60. The van der Waals surface area contributed by atoms with Gasteiger partial charge in [0.15, 0.2) is 18.1 Å². The fourth-order valence-electron chi connectivity index (χ4n) is 5.96. The van der Waals surface area contributed by atoms with Crippen LogP contribution in [0, 0.1) is 11.3 Å². The summed E-state index contributed by atoms with van der Waals surface area (Å²) in [6.45, 7) is 6.34. The van der Waals surface area contributed by atoms with Gasteiger partial charge in [-0.2, -0.15) is 0 Å². The maximum atomic E-state index is 13.7. The fraction of sp³-hybridized carbons (Fsp3) is 0.500. The standard InChI is InChI=1S/C36H47N3O8/c1-5-8-27-20-28(13-15-29(27)44-3)34(42)39-17-7-9-32(40)38-24-36(21-25-10-11-25,35(43)46-6-2)22-26-12-14-30(45-4)31(19-26)47-23-33(41)37-16-18-39/h5,12-15,19-20,25H,1,6-11,16-18,21-24H2,2-4H3,(H,37,41)(H,38,40). The molecule has 11 nitrogen and oxygen atoms in total. The zero-order valence-corrected chi connectivity index (χ0v) is 27.7. The second-order valence-corrected chi connectivity index (χ2v) is 12.1. The first-order chi connectivity index (χ1) is 22.7. The molecular weight excluding hydrogens is 602 g/mol. The maximum absolute atomic E-state index is 13.7. The molecule has 1 unspecified atom stereocenters. The summed E-state index contributed by atoms with van der Waals surface area (Å²) in [4.78, 5) is 54.9. The quantitative estimate of drug-likeness (QED) is 0.309. The van der Waals surface area contributed by atoms with Gasteiger partial charge in [0.05, 0.1) is 26.2 Å². The van der Waals surface area contributed by atoms with Crippen molar-refractivity contribution in [2.24, 2.45) is 11.3 Å². The first-order valence-corrected chi connectivity index (χ1v) is 16.3. The molecule has 47 heavy (non-hydrogen) atoms. The highest BCUT2D eigenvalue weighted by molar-refractivity contribution is 5.94. The number of esters is 1. The summed E-state index contributed by atoms with van der Waals surface area (Å²) in [5.74, 6) is 0.674. The number of nitrogens with zero attached hydrogens (tertiary/aromatic N) is 1. The van der Waals surface area contributed by atoms with Crippen LogP contribution in [0.2, 0.25) is 0 Å². The van der Waals surface area contributed by atoms with Crippen LogP contribution < -0.4 is 24.8 Å². The molecule has 0 spiro atoms. The van der Waals surface area contributed by atoms with Crippen LogP contribution >= 0.6 is 0 Å². The van der Waals surface area contributed by atoms with E-state index in [-0.39, 0.29) is 69.5 Å². The maximum Gasteiger partial charge on any atom is 0.314 e. The summed E-state index contributed by atoms with van der Waals surface area (Å²) in [5, 5.41) is 5.84. The Hall–Kier alpha value is -4.54. The Morgan fingerprint density at radius 3 is 2.51 bits per heavy atom. The average molecular weight is 650 g/mol. The van der Waals surface area contributed by atoms with Gasteiger partial charge in [-0.15, -0.1) is 6.58 Å². The van der Waals surface area contributed by atoms with Gasteiger partial charge < -0.3 is 34.5 Å². The number of ether oxygens (including phenoxy) is 4. The molecule has 0 saturated heterocycles. The van der Waals surface area contributed by atoms with E-state index in [0.29, 0.717) is 54.4 Å². The largest absolute Gasteiger partial charge is 0.496 e. The first kappa shape index (κ1) is 35.3. The van der Waals surface area contributed by atoms with Crippen LogP contribution in [0.25, 0.3) is 0 Å². The lowest BCUT2D eigenvalue weighted by Crippen LogP contribution is -2.46. The number of carbonyl (C=O) groups is 4. The lowest BCUT2D eigenvalue weighted by atomic mass is 9.76. The number of amides is 3. The highest BCUT2D eigenvalue weighted by Gasteiger charge is 2.44. The molecule has 3 amide bonds. The Labute approximate surface area is 277 Å². The van der Waals surface area contributed by atoms with Gasteiger partial charge in [-0.25, -0.2) is 0 Å². The summed E-state index contributed by atoms with van der Waals surface area (Å²) in [6, 6.07) is 10.6. The van der Waals surface area contributed by atoms with E-state index >= 15 is 0 Å². The van der Waals surface area contributed by atoms with Gasteiger partial charge in [0.2, 0.25) is 5.91 Å². The molecule has 1 atom stereocenters. The van der Waals surface area contributed by atoms with Crippen molar-refractivity contribution in [2.45, 2.75) is 51.9 Å². The van der Waals surface area contributed by atoms with E-state index in [4.69, 9.17) is 18.9 Å². The molecule has 4 rings (SSSR count). The Morgan fingerprint density at radius 1 is 1.04 bits per heavy atom. The molecule has 1 aliphatic heterocycles. The summed E-state index contributed by atoms with van der Waals surface area (Å²) >= 11 is 0. The number of benzene rings is 2. The molecule has 1 aliphatic carbocycles. The SMILES string of the molecule is C=CCc1cc(C(=O)N2CCCC(=O)NCC(CC3CC3)(C(=O)OCC)Cc3ccc(OC)c(c3)OCC(=O)NCC2)ccc1OC. The Bertz CT molecular complexity index is 1440. The number of fused-ring (bicyclic) bond motifs is 2. The normalized spacial score (nSPS) is 19.6. The van der Waals surface area contributed by atoms with Gasteiger partial charge in [-0.3, -0.25) is 19.2 Å². The topological polar surface area (TPSA) is 132 Å². The molecular formula is C36H47N3O8. The van der Waals surface area contributed by atoms with Crippen LogP contribution in [0.3, 0.4) is 0 Å². The van der Waals surface area contributed by atoms with E-state index in [0.717, 1.165) is 24.0 Å². The molecule has 2 aliphatic rings. The van der Waals surface area contributed by atoms with Crippen molar-refractivity contribution in [3.05, 3.63) is 65.7 Å². The van der Waals surface area contributed by atoms with Crippen molar-refractivity contribution >= 4 is 23.7 Å². The monoisotopic (exact) mass is 649 g/mol. The van der Waals surface area contributed by atoms with E-state index in [1.54, 1.807) is 55.3 Å². The molecule has 1 fully saturated rings. The lowest BCUT2D eigenvalue weighted by Gasteiger charge is -2.32. The molecule has 0 radical (unpaired) electrons. The number of methoxy groups -OCH3 is 2. The zero-order chi connectivity index (χ0) is 33.8. The Morgan fingerprint density at radius 2 is 1.81 bits per heavy atom. The second kappa shape index (κ2) is 16.9. The van der Waals surface area contributed by atoms with Crippen LogP contribution in [0.15, 0.2) is 49.1 Å². The van der Waals surface area contributed by atoms with E-state index in [9.17, 15) is 19.2 Å². The van der Waals surface area contributed by atoms with Gasteiger partial charge in [0.1, 0.15) is 5.75 Å². The molecule has 2 bridgehead atoms. The molecule has 254 valence electrons. The minimum absolute atomic E-state index is 0.117. The second-order valence-electron chi connectivity index (χ2n) is 12.1. The van der Waals surface area contributed by atoms with Gasteiger partial charge in [-0.05, 0) is 80.0 Å². The third-order valence-electron chi connectivity index (χ3n) is 8.55. The van der Waals surface area contributed by atoms with Crippen molar-refractivity contribution in [1.29, 1.82) is 0 Å². The third-order valence-corrected chi connectivity index (χ3v) is 8.55. The number of allylic oxidation sites excluding steroid dienone is 1. The van der Waals surface area contributed by atoms with Crippen molar-refractivity contribution in [2.75, 3.05) is 53.6 Å². The third kappa shape index (κ3) is 9.73. The molecule has 1 saturated carbocycles. The van der Waals surface area contributed by atoms with E-state index in [1.807, 2.05) is 6.07 Å². The van der Waals surface area contributed by atoms with Crippen LogP contribution in [-0.4, -0.2) is 82.2 Å². The highest BCUT2D eigenvalue weighted by Crippen LogP contribution is 2.43. The molecule has 11 heteroatoms. The van der Waals surface area contributed by atoms with Gasteiger partial charge >= 0.3 is 5.97 Å². The fourth-order valence-corrected chi connectivity index (χ4v) is 5.96. The zero-order valence-electron chi connectivity index (χ0n) is 27.7. The number of carbonyl (C=O) groups excluding carboxylic acids is 4. The van der Waals surface area contributed by atoms with E-state index < -0.39 is 5.41 Å². The number of nitrogens with one attached hydrogen (secondary N) is 2. The van der Waals surface area contributed by atoms with Crippen molar-refractivity contribution in [3.8, 4) is 17.2 Å². The van der Waals surface area contributed by atoms with Crippen molar-refractivity contribution in [1.82, 2.24) is 15.5 Å². The van der Waals surface area contributed by atoms with Crippen LogP contribution in [-0.2, 0) is 32.0 Å². The lowest BCUT2D eigenvalue weighted by molar-refractivity contribution is -0.156. The molecule has 0 aromatic heterocycles. The van der Waals surface area contributed by atoms with Gasteiger partial charge in [0.25, 0.3) is 11.8 Å². The molecule has 2 N–H and O–H groups in total. The summed E-state index contributed by atoms with van der Waals surface area (Å²) in [6.07, 6.45) is 5.75. The summed E-state index contributed by atoms with van der Waals surface area (Å²) in [5.41, 5.74) is 1.11. The predicted octanol–water partition coefficient (Wildman–Crippen LogP) is 3.87. The molecule has 2 aromatic carbocycles. The highest BCUT2D eigenvalue weighted by atomic mass is 16.5. The summed E-state index contributed by atoms with van der Waals surface area (Å²) < 4.78 is 22.4. The van der Waals surface area contributed by atoms with Crippen LogP contribution in [0.5, 0.6) is 17.2 Å². The number of hydrogen-bond donors (Lipinski definition) is 2. The number of rotatable bonds is 9. The van der Waals surface area contributed by atoms with E-state index in [1.165, 1.54) is 7.11 Å². The smallest absolute Gasteiger partial charge is 0.314 e. The summed E-state index contributed by atoms with van der Waals surface area (Å²) in [7, 11) is 3.09. The van der Waals surface area contributed by atoms with Crippen LogP contribution in [0.4, 0.5) is 0 Å². The number of hydrogen-bond acceptors (Lipinski definition) is 8.